The van der Waals surface area contributed by atoms with Gasteiger partial charge in [-0.2, -0.15) is 0 Å². The summed E-state index contributed by atoms with van der Waals surface area (Å²) >= 11 is 1.32. The lowest BCUT2D eigenvalue weighted by Crippen LogP contribution is -2.09. The van der Waals surface area contributed by atoms with Crippen LogP contribution >= 0.6 is 12.0 Å². The Kier molecular flexibility index (Phi) is 5.56. The predicted octanol–water partition coefficient (Wildman–Crippen LogP) is 7.24. The average Bonchev–Trinajstić information content (AvgIpc) is 3.16. The number of fused-ring (bicyclic) bond motifs is 2. The minimum Gasteiger partial charge on any atom is -0.477 e. The van der Waals surface area contributed by atoms with Crippen molar-refractivity contribution in [3.8, 4) is 5.75 Å². The molecule has 5 aromatic rings. The van der Waals surface area contributed by atoms with Gasteiger partial charge in [0.25, 0.3) is 0 Å². The summed E-state index contributed by atoms with van der Waals surface area (Å²) in [5, 5.41) is 12.9. The molecular formula is C28H23NO3S. The summed E-state index contributed by atoms with van der Waals surface area (Å²) in [5.41, 5.74) is 4.50. The maximum absolute atomic E-state index is 12.0. The van der Waals surface area contributed by atoms with E-state index in [0.717, 1.165) is 43.4 Å². The summed E-state index contributed by atoms with van der Waals surface area (Å²) < 4.78 is 7.95. The molecule has 5 heteroatoms. The Morgan fingerprint density at radius 2 is 1.64 bits per heavy atom. The van der Waals surface area contributed by atoms with Gasteiger partial charge in [0.05, 0.1) is 12.0 Å². The van der Waals surface area contributed by atoms with Gasteiger partial charge in [0, 0.05) is 22.3 Å². The van der Waals surface area contributed by atoms with E-state index in [1.165, 1.54) is 17.6 Å². The Labute approximate surface area is 196 Å². The van der Waals surface area contributed by atoms with Gasteiger partial charge in [0.2, 0.25) is 0 Å². The Morgan fingerprint density at radius 3 is 2.42 bits per heavy atom. The van der Waals surface area contributed by atoms with E-state index in [2.05, 4.69) is 31.2 Å². The van der Waals surface area contributed by atoms with Crippen LogP contribution < -0.4 is 4.18 Å². The van der Waals surface area contributed by atoms with E-state index in [1.807, 2.05) is 66.1 Å². The number of aromatic nitrogens is 1. The number of carbonyl (C=O) groups is 1. The second-order valence-electron chi connectivity index (χ2n) is 8.27. The van der Waals surface area contributed by atoms with Gasteiger partial charge in [-0.3, -0.25) is 0 Å². The normalized spacial score (nSPS) is 11.2. The van der Waals surface area contributed by atoms with Gasteiger partial charge >= 0.3 is 5.97 Å². The predicted molar refractivity (Wildman–Crippen MR) is 134 cm³/mol. The van der Waals surface area contributed by atoms with Gasteiger partial charge in [0.1, 0.15) is 11.4 Å². The monoisotopic (exact) mass is 453 g/mol. The molecule has 0 amide bonds. The van der Waals surface area contributed by atoms with Crippen molar-refractivity contribution in [1.82, 2.24) is 4.57 Å². The molecule has 0 radical (unpaired) electrons. The van der Waals surface area contributed by atoms with Crippen LogP contribution in [0.5, 0.6) is 5.75 Å². The van der Waals surface area contributed by atoms with Crippen LogP contribution in [-0.4, -0.2) is 15.6 Å². The second-order valence-corrected chi connectivity index (χ2v) is 9.07. The molecule has 1 aromatic heterocycles. The third kappa shape index (κ3) is 4.32. The number of carboxylic acid groups (broad SMARTS) is 1. The molecule has 0 aliphatic rings. The molecule has 1 heterocycles. The van der Waals surface area contributed by atoms with E-state index in [-0.39, 0.29) is 5.69 Å². The lowest BCUT2D eigenvalue weighted by atomic mass is 10.0. The van der Waals surface area contributed by atoms with E-state index in [9.17, 15) is 9.90 Å². The molecule has 0 aliphatic carbocycles. The summed E-state index contributed by atoms with van der Waals surface area (Å²) in [4.78, 5) is 13.1. The quantitative estimate of drug-likeness (QED) is 0.275. The van der Waals surface area contributed by atoms with Crippen LogP contribution in [0.25, 0.3) is 21.7 Å². The molecule has 4 aromatic carbocycles. The molecule has 0 unspecified atom stereocenters. The highest BCUT2D eigenvalue weighted by Gasteiger charge is 2.17. The van der Waals surface area contributed by atoms with Crippen molar-refractivity contribution in [2.24, 2.45) is 0 Å². The molecule has 4 nitrogen and oxygen atoms in total. The highest BCUT2D eigenvalue weighted by molar-refractivity contribution is 7.95. The largest absolute Gasteiger partial charge is 0.477 e. The van der Waals surface area contributed by atoms with Crippen molar-refractivity contribution in [1.29, 1.82) is 0 Å². The summed E-state index contributed by atoms with van der Waals surface area (Å²) in [6.07, 6.45) is 0. The van der Waals surface area contributed by atoms with Crippen LogP contribution in [0.4, 0.5) is 0 Å². The van der Waals surface area contributed by atoms with E-state index in [1.54, 1.807) is 6.07 Å². The third-order valence-electron chi connectivity index (χ3n) is 5.78. The van der Waals surface area contributed by atoms with Crippen LogP contribution in [0.1, 0.15) is 27.2 Å². The molecule has 0 atom stereocenters. The first kappa shape index (κ1) is 21.2. The molecule has 1 N–H and O–H groups in total. The van der Waals surface area contributed by atoms with Gasteiger partial charge in [-0.25, -0.2) is 4.79 Å². The summed E-state index contributed by atoms with van der Waals surface area (Å²) in [7, 11) is 0. The Bertz CT molecular complexity index is 1490. The van der Waals surface area contributed by atoms with Crippen LogP contribution in [0, 0.1) is 13.8 Å². The number of benzene rings is 4. The first-order valence-corrected chi connectivity index (χ1v) is 11.5. The van der Waals surface area contributed by atoms with Crippen LogP contribution in [0.15, 0.2) is 89.8 Å². The van der Waals surface area contributed by atoms with Gasteiger partial charge in [-0.1, -0.05) is 54.1 Å². The fourth-order valence-electron chi connectivity index (χ4n) is 4.11. The lowest BCUT2D eigenvalue weighted by Gasteiger charge is -2.14. The molecular weight excluding hydrogens is 430 g/mol. The molecule has 0 bridgehead atoms. The Balaban J connectivity index is 1.57. The number of carboxylic acids is 1. The molecule has 0 saturated heterocycles. The molecule has 0 saturated carbocycles. The fraction of sp³-hybridized carbons (Fsp3) is 0.107. The Hall–Kier alpha value is -3.70. The number of aryl methyl sites for hydroxylation is 2. The highest BCUT2D eigenvalue weighted by atomic mass is 32.2. The van der Waals surface area contributed by atoms with Crippen LogP contribution in [-0.2, 0) is 6.54 Å². The second kappa shape index (κ2) is 8.68. The summed E-state index contributed by atoms with van der Waals surface area (Å²) in [6.45, 7) is 4.51. The lowest BCUT2D eigenvalue weighted by molar-refractivity contribution is 0.0686. The third-order valence-corrected chi connectivity index (χ3v) is 6.52. The minimum absolute atomic E-state index is 0.278. The summed E-state index contributed by atoms with van der Waals surface area (Å²) in [5.74, 6) is -0.200. The summed E-state index contributed by atoms with van der Waals surface area (Å²) in [6, 6.07) is 28.1. The number of hydrogen-bond donors (Lipinski definition) is 1. The minimum atomic E-state index is -0.935. The Morgan fingerprint density at radius 1 is 0.879 bits per heavy atom. The maximum Gasteiger partial charge on any atom is 0.352 e. The first-order valence-electron chi connectivity index (χ1n) is 10.7. The SMILES string of the molecule is Cc1ccc(SOc2cc(Cn3c(C(=O)O)cc4ccc(C)cc43)c3ccccc3c2)cc1. The van der Waals surface area contributed by atoms with E-state index in [0.29, 0.717) is 6.54 Å². The van der Waals surface area contributed by atoms with Crippen molar-refractivity contribution in [3.63, 3.8) is 0 Å². The molecule has 5 rings (SSSR count). The first-order chi connectivity index (χ1) is 16.0. The van der Waals surface area contributed by atoms with Crippen LogP contribution in [0.2, 0.25) is 0 Å². The van der Waals surface area contributed by atoms with Gasteiger partial charge < -0.3 is 13.9 Å². The fourth-order valence-corrected chi connectivity index (χ4v) is 4.65. The smallest absolute Gasteiger partial charge is 0.352 e. The molecule has 0 spiro atoms. The number of rotatable bonds is 6. The van der Waals surface area contributed by atoms with Gasteiger partial charge in [0.15, 0.2) is 0 Å². The van der Waals surface area contributed by atoms with E-state index >= 15 is 0 Å². The van der Waals surface area contributed by atoms with Gasteiger partial charge in [-0.15, -0.1) is 0 Å². The van der Waals surface area contributed by atoms with E-state index < -0.39 is 5.97 Å². The number of nitrogens with zero attached hydrogens (tertiary/aromatic N) is 1. The molecule has 33 heavy (non-hydrogen) atoms. The van der Waals surface area contributed by atoms with Crippen molar-refractivity contribution in [2.75, 3.05) is 0 Å². The zero-order chi connectivity index (χ0) is 22.9. The molecule has 164 valence electrons. The highest BCUT2D eigenvalue weighted by Crippen LogP contribution is 2.32. The number of hydrogen-bond acceptors (Lipinski definition) is 3. The van der Waals surface area contributed by atoms with Crippen molar-refractivity contribution < 1.29 is 14.1 Å². The zero-order valence-electron chi connectivity index (χ0n) is 18.4. The van der Waals surface area contributed by atoms with Crippen molar-refractivity contribution in [3.05, 3.63) is 107 Å². The standard InChI is InChI=1S/C28H23NO3S/c1-18-8-11-24(12-9-18)33-32-23-14-20-5-3-4-6-25(20)22(15-23)17-29-26-13-19(2)7-10-21(26)16-27(29)28(30)31/h3-16H,17H2,1-2H3,(H,30,31). The van der Waals surface area contributed by atoms with Gasteiger partial charge in [-0.05, 0) is 72.1 Å². The van der Waals surface area contributed by atoms with Crippen molar-refractivity contribution in [2.45, 2.75) is 25.3 Å². The topological polar surface area (TPSA) is 51.5 Å². The number of aromatic carboxylic acids is 1. The molecule has 0 fully saturated rings. The van der Waals surface area contributed by atoms with Crippen LogP contribution in [0.3, 0.4) is 0 Å². The maximum atomic E-state index is 12.0. The molecule has 0 aliphatic heterocycles. The zero-order valence-corrected chi connectivity index (χ0v) is 19.2. The average molecular weight is 454 g/mol. The van der Waals surface area contributed by atoms with Crippen molar-refractivity contribution >= 4 is 39.7 Å². The van der Waals surface area contributed by atoms with E-state index in [4.69, 9.17) is 4.18 Å².